The third-order valence-corrected chi connectivity index (χ3v) is 1.83. The van der Waals surface area contributed by atoms with Gasteiger partial charge in [0, 0.05) is 6.42 Å². The van der Waals surface area contributed by atoms with E-state index in [1.54, 1.807) is 6.92 Å². The van der Waals surface area contributed by atoms with Gasteiger partial charge in [0.25, 0.3) is 0 Å². The quantitative estimate of drug-likeness (QED) is 0.607. The molecule has 0 aromatic carbocycles. The van der Waals surface area contributed by atoms with Crippen molar-refractivity contribution >= 4 is 17.8 Å². The monoisotopic (exact) mass is 217 g/mol. The highest BCUT2D eigenvalue weighted by Gasteiger charge is 2.17. The summed E-state index contributed by atoms with van der Waals surface area (Å²) in [5.74, 6) is -2.04. The number of amides is 1. The van der Waals surface area contributed by atoms with Gasteiger partial charge in [0.15, 0.2) is 0 Å². The van der Waals surface area contributed by atoms with E-state index in [-0.39, 0.29) is 12.8 Å². The van der Waals surface area contributed by atoms with Crippen LogP contribution >= 0.6 is 0 Å². The number of esters is 1. The van der Waals surface area contributed by atoms with Crippen LogP contribution in [0.2, 0.25) is 0 Å². The van der Waals surface area contributed by atoms with Gasteiger partial charge in [0.05, 0.1) is 13.5 Å². The molecule has 0 aromatic rings. The number of rotatable bonds is 6. The number of carboxylic acids is 1. The Morgan fingerprint density at radius 2 is 1.93 bits per heavy atom. The van der Waals surface area contributed by atoms with E-state index in [4.69, 9.17) is 5.11 Å². The van der Waals surface area contributed by atoms with Gasteiger partial charge >= 0.3 is 11.9 Å². The van der Waals surface area contributed by atoms with Crippen molar-refractivity contribution in [2.45, 2.75) is 32.2 Å². The van der Waals surface area contributed by atoms with Crippen LogP contribution in [0.4, 0.5) is 0 Å². The number of carbonyl (C=O) groups is 3. The lowest BCUT2D eigenvalue weighted by Gasteiger charge is -2.11. The van der Waals surface area contributed by atoms with Crippen molar-refractivity contribution in [3.63, 3.8) is 0 Å². The van der Waals surface area contributed by atoms with Gasteiger partial charge in [-0.05, 0) is 6.42 Å². The molecular formula is C9H15NO5. The Morgan fingerprint density at radius 3 is 2.33 bits per heavy atom. The smallest absolute Gasteiger partial charge is 0.326 e. The summed E-state index contributed by atoms with van der Waals surface area (Å²) in [6, 6.07) is -0.893. The molecule has 0 aromatic heterocycles. The molecule has 86 valence electrons. The van der Waals surface area contributed by atoms with Crippen LogP contribution in [-0.4, -0.2) is 36.1 Å². The van der Waals surface area contributed by atoms with E-state index in [1.165, 1.54) is 7.11 Å². The number of methoxy groups -OCH3 is 1. The standard InChI is InChI=1S/C9H15NO5/c1-3-6(9(13)14)10-7(11)4-5-8(12)15-2/h6H,3-5H2,1-2H3,(H,10,11)(H,13,14). The van der Waals surface area contributed by atoms with Gasteiger partial charge in [-0.1, -0.05) is 6.92 Å². The Balaban J connectivity index is 3.91. The molecule has 15 heavy (non-hydrogen) atoms. The molecular weight excluding hydrogens is 202 g/mol. The number of aliphatic carboxylic acids is 1. The molecule has 0 rings (SSSR count). The highest BCUT2D eigenvalue weighted by Crippen LogP contribution is 1.96. The van der Waals surface area contributed by atoms with Gasteiger partial charge in [-0.15, -0.1) is 0 Å². The minimum absolute atomic E-state index is 0.0433. The van der Waals surface area contributed by atoms with Crippen molar-refractivity contribution in [3.8, 4) is 0 Å². The first-order valence-corrected chi connectivity index (χ1v) is 4.60. The molecule has 0 heterocycles. The molecule has 0 spiro atoms. The van der Waals surface area contributed by atoms with Gasteiger partial charge in [-0.25, -0.2) is 4.79 Å². The second kappa shape index (κ2) is 6.80. The van der Waals surface area contributed by atoms with Gasteiger partial charge in [0.2, 0.25) is 5.91 Å². The molecule has 0 aliphatic rings. The summed E-state index contributed by atoms with van der Waals surface area (Å²) in [6.45, 7) is 1.65. The Hall–Kier alpha value is -1.59. The lowest BCUT2D eigenvalue weighted by molar-refractivity contribution is -0.143. The summed E-state index contributed by atoms with van der Waals surface area (Å²) < 4.78 is 4.34. The first kappa shape index (κ1) is 13.4. The first-order valence-electron chi connectivity index (χ1n) is 4.60. The van der Waals surface area contributed by atoms with Crippen molar-refractivity contribution in [3.05, 3.63) is 0 Å². The molecule has 6 nitrogen and oxygen atoms in total. The van der Waals surface area contributed by atoms with Gasteiger partial charge in [-0.3, -0.25) is 9.59 Å². The molecule has 1 atom stereocenters. The van der Waals surface area contributed by atoms with Gasteiger partial charge in [0.1, 0.15) is 6.04 Å². The lowest BCUT2D eigenvalue weighted by Crippen LogP contribution is -2.40. The predicted molar refractivity (Wildman–Crippen MR) is 51.1 cm³/mol. The maximum atomic E-state index is 11.2. The molecule has 0 saturated carbocycles. The van der Waals surface area contributed by atoms with E-state index in [2.05, 4.69) is 10.1 Å². The Labute approximate surface area is 87.6 Å². The second-order valence-corrected chi connectivity index (χ2v) is 2.94. The Bertz CT molecular complexity index is 251. The van der Waals surface area contributed by atoms with E-state index < -0.39 is 23.9 Å². The van der Waals surface area contributed by atoms with Crippen molar-refractivity contribution in [1.82, 2.24) is 5.32 Å². The fourth-order valence-electron chi connectivity index (χ4n) is 0.923. The molecule has 0 radical (unpaired) electrons. The van der Waals surface area contributed by atoms with E-state index >= 15 is 0 Å². The number of nitrogens with one attached hydrogen (secondary N) is 1. The summed E-state index contributed by atoms with van der Waals surface area (Å²) in [5.41, 5.74) is 0. The molecule has 1 amide bonds. The molecule has 6 heteroatoms. The third-order valence-electron chi connectivity index (χ3n) is 1.83. The molecule has 0 bridgehead atoms. The summed E-state index contributed by atoms with van der Waals surface area (Å²) in [6.07, 6.45) is 0.203. The zero-order valence-electron chi connectivity index (χ0n) is 8.78. The topological polar surface area (TPSA) is 92.7 Å². The average molecular weight is 217 g/mol. The molecule has 2 N–H and O–H groups in total. The Kier molecular flexibility index (Phi) is 6.08. The van der Waals surface area contributed by atoms with Crippen LogP contribution in [0.1, 0.15) is 26.2 Å². The average Bonchev–Trinajstić information content (AvgIpc) is 2.21. The van der Waals surface area contributed by atoms with E-state index in [0.717, 1.165) is 0 Å². The van der Waals surface area contributed by atoms with Crippen LogP contribution in [0, 0.1) is 0 Å². The number of ether oxygens (including phenoxy) is 1. The highest BCUT2D eigenvalue weighted by molar-refractivity contribution is 5.85. The second-order valence-electron chi connectivity index (χ2n) is 2.94. The maximum absolute atomic E-state index is 11.2. The van der Waals surface area contributed by atoms with Crippen LogP contribution in [0.5, 0.6) is 0 Å². The minimum Gasteiger partial charge on any atom is -0.480 e. The van der Waals surface area contributed by atoms with Crippen LogP contribution in [0.3, 0.4) is 0 Å². The van der Waals surface area contributed by atoms with Crippen molar-refractivity contribution in [2.24, 2.45) is 0 Å². The van der Waals surface area contributed by atoms with Gasteiger partial charge in [-0.2, -0.15) is 0 Å². The fraction of sp³-hybridized carbons (Fsp3) is 0.667. The van der Waals surface area contributed by atoms with Crippen molar-refractivity contribution in [1.29, 1.82) is 0 Å². The van der Waals surface area contributed by atoms with Crippen LogP contribution in [0.15, 0.2) is 0 Å². The lowest BCUT2D eigenvalue weighted by atomic mass is 10.2. The number of carboxylic acid groups (broad SMARTS) is 1. The number of carbonyl (C=O) groups excluding carboxylic acids is 2. The van der Waals surface area contributed by atoms with Crippen LogP contribution in [0.25, 0.3) is 0 Å². The molecule has 0 aliphatic heterocycles. The summed E-state index contributed by atoms with van der Waals surface area (Å²) in [4.78, 5) is 32.4. The molecule has 0 fully saturated rings. The zero-order chi connectivity index (χ0) is 11.8. The number of hydrogen-bond donors (Lipinski definition) is 2. The highest BCUT2D eigenvalue weighted by atomic mass is 16.5. The minimum atomic E-state index is -1.08. The van der Waals surface area contributed by atoms with Crippen LogP contribution in [-0.2, 0) is 19.1 Å². The maximum Gasteiger partial charge on any atom is 0.326 e. The third kappa shape index (κ3) is 5.66. The van der Waals surface area contributed by atoms with Crippen molar-refractivity contribution in [2.75, 3.05) is 7.11 Å². The van der Waals surface area contributed by atoms with Gasteiger partial charge < -0.3 is 15.2 Å². The predicted octanol–water partition coefficient (Wildman–Crippen LogP) is -0.0810. The molecule has 1 unspecified atom stereocenters. The first-order chi connectivity index (χ1) is 7.01. The molecule has 0 aliphatic carbocycles. The SMILES string of the molecule is CCC(NC(=O)CCC(=O)OC)C(=O)O. The molecule has 0 saturated heterocycles. The Morgan fingerprint density at radius 1 is 1.33 bits per heavy atom. The summed E-state index contributed by atoms with van der Waals surface area (Å²) >= 11 is 0. The number of hydrogen-bond acceptors (Lipinski definition) is 4. The zero-order valence-corrected chi connectivity index (χ0v) is 8.78. The fourth-order valence-corrected chi connectivity index (χ4v) is 0.923. The van der Waals surface area contributed by atoms with E-state index in [9.17, 15) is 14.4 Å². The van der Waals surface area contributed by atoms with Crippen molar-refractivity contribution < 1.29 is 24.2 Å². The van der Waals surface area contributed by atoms with E-state index in [0.29, 0.717) is 6.42 Å². The summed E-state index contributed by atoms with van der Waals surface area (Å²) in [5, 5.41) is 10.9. The van der Waals surface area contributed by atoms with Crippen LogP contribution < -0.4 is 5.32 Å². The normalized spacial score (nSPS) is 11.6. The summed E-state index contributed by atoms with van der Waals surface area (Å²) in [7, 11) is 1.23. The largest absolute Gasteiger partial charge is 0.480 e. The van der Waals surface area contributed by atoms with E-state index in [1.807, 2.05) is 0 Å².